The minimum Gasteiger partial charge on any atom is -0.379 e. The summed E-state index contributed by atoms with van der Waals surface area (Å²) in [5, 5.41) is 9.73. The molecular formula is C23H40IN5O2. The lowest BCUT2D eigenvalue weighted by atomic mass is 9.92. The predicted octanol–water partition coefficient (Wildman–Crippen LogP) is 2.86. The Morgan fingerprint density at radius 1 is 1.06 bits per heavy atom. The number of carbonyl (C=O) groups excluding carboxylic acids is 1. The summed E-state index contributed by atoms with van der Waals surface area (Å²) in [6.45, 7) is 12.2. The third kappa shape index (κ3) is 8.94. The minimum atomic E-state index is -0.0370. The molecule has 1 amide bonds. The Morgan fingerprint density at radius 2 is 1.71 bits per heavy atom. The molecular weight excluding hydrogens is 505 g/mol. The summed E-state index contributed by atoms with van der Waals surface area (Å²) in [5.74, 6) is 1.41. The fourth-order valence-corrected chi connectivity index (χ4v) is 3.98. The molecule has 3 N–H and O–H groups in total. The van der Waals surface area contributed by atoms with Crippen LogP contribution in [0.15, 0.2) is 29.3 Å². The first kappa shape index (κ1) is 27.6. The highest BCUT2D eigenvalue weighted by atomic mass is 127. The molecule has 7 nitrogen and oxygen atoms in total. The van der Waals surface area contributed by atoms with E-state index in [0.29, 0.717) is 30.6 Å². The Kier molecular flexibility index (Phi) is 13.7. The molecule has 0 aliphatic carbocycles. The van der Waals surface area contributed by atoms with Gasteiger partial charge in [-0.2, -0.15) is 0 Å². The molecule has 1 unspecified atom stereocenters. The number of guanidine groups is 1. The van der Waals surface area contributed by atoms with Crippen molar-refractivity contribution in [1.82, 2.24) is 20.9 Å². The van der Waals surface area contributed by atoms with Crippen molar-refractivity contribution in [1.29, 1.82) is 0 Å². The Balaban J connectivity index is 0.00000480. The molecule has 1 aliphatic rings. The molecule has 1 heterocycles. The molecule has 8 heteroatoms. The van der Waals surface area contributed by atoms with Crippen LogP contribution in [0.4, 0.5) is 0 Å². The van der Waals surface area contributed by atoms with Gasteiger partial charge in [0.05, 0.1) is 13.2 Å². The number of hydrogen-bond acceptors (Lipinski definition) is 4. The number of morpholine rings is 1. The lowest BCUT2D eigenvalue weighted by molar-refractivity contribution is 0.00272. The molecule has 1 atom stereocenters. The van der Waals surface area contributed by atoms with Gasteiger partial charge in [-0.3, -0.25) is 14.7 Å². The molecule has 0 radical (unpaired) electrons. The molecule has 0 spiro atoms. The number of amides is 1. The van der Waals surface area contributed by atoms with Gasteiger partial charge in [-0.1, -0.05) is 38.8 Å². The number of nitrogens with zero attached hydrogens (tertiary/aromatic N) is 2. The molecule has 31 heavy (non-hydrogen) atoms. The van der Waals surface area contributed by atoms with E-state index in [4.69, 9.17) is 4.74 Å². The first-order valence-electron chi connectivity index (χ1n) is 11.3. The van der Waals surface area contributed by atoms with Crippen LogP contribution >= 0.6 is 24.0 Å². The zero-order valence-electron chi connectivity index (χ0n) is 19.4. The Labute approximate surface area is 204 Å². The lowest BCUT2D eigenvalue weighted by Gasteiger charge is -2.39. The van der Waals surface area contributed by atoms with Gasteiger partial charge in [-0.05, 0) is 30.5 Å². The quantitative estimate of drug-likeness (QED) is 0.240. The second-order valence-corrected chi connectivity index (χ2v) is 7.66. The Hall–Kier alpha value is -1.39. The van der Waals surface area contributed by atoms with Gasteiger partial charge in [0, 0.05) is 51.4 Å². The average molecular weight is 546 g/mol. The van der Waals surface area contributed by atoms with Gasteiger partial charge < -0.3 is 20.7 Å². The largest absolute Gasteiger partial charge is 0.379 e. The highest BCUT2D eigenvalue weighted by molar-refractivity contribution is 14.0. The smallest absolute Gasteiger partial charge is 0.251 e. The maximum Gasteiger partial charge on any atom is 0.251 e. The van der Waals surface area contributed by atoms with Gasteiger partial charge in [0.1, 0.15) is 0 Å². The molecule has 1 aromatic rings. The number of ether oxygens (including phenoxy) is 1. The standard InChI is InChI=1S/C23H39N5O2.HI/c1-5-19(6-2)21(28-12-14-30-15-13-28)17-27-23(24-4)26-16-18-8-10-20(11-9-18)22(29)25-7-3;/h8-11,19,21H,5-7,12-17H2,1-4H3,(H,25,29)(H2,24,26,27);1H. The van der Waals surface area contributed by atoms with Gasteiger partial charge in [0.15, 0.2) is 5.96 Å². The minimum absolute atomic E-state index is 0. The normalized spacial score (nSPS) is 15.8. The zero-order valence-corrected chi connectivity index (χ0v) is 21.8. The number of carbonyl (C=O) groups is 1. The molecule has 1 fully saturated rings. The van der Waals surface area contributed by atoms with E-state index in [2.05, 4.69) is 39.7 Å². The van der Waals surface area contributed by atoms with Crippen LogP contribution < -0.4 is 16.0 Å². The second-order valence-electron chi connectivity index (χ2n) is 7.66. The zero-order chi connectivity index (χ0) is 21.8. The van der Waals surface area contributed by atoms with Crippen LogP contribution in [0.25, 0.3) is 0 Å². The molecule has 0 aromatic heterocycles. The van der Waals surface area contributed by atoms with Crippen LogP contribution in [-0.4, -0.2) is 69.2 Å². The molecule has 2 rings (SSSR count). The van der Waals surface area contributed by atoms with Crippen LogP contribution in [0, 0.1) is 5.92 Å². The van der Waals surface area contributed by atoms with E-state index < -0.39 is 0 Å². The first-order valence-corrected chi connectivity index (χ1v) is 11.3. The third-order valence-electron chi connectivity index (χ3n) is 5.82. The number of hydrogen-bond donors (Lipinski definition) is 3. The number of benzene rings is 1. The van der Waals surface area contributed by atoms with Crippen molar-refractivity contribution in [2.75, 3.05) is 46.4 Å². The van der Waals surface area contributed by atoms with Crippen LogP contribution in [0.5, 0.6) is 0 Å². The topological polar surface area (TPSA) is 78.0 Å². The highest BCUT2D eigenvalue weighted by Crippen LogP contribution is 2.19. The lowest BCUT2D eigenvalue weighted by Crippen LogP contribution is -2.53. The average Bonchev–Trinajstić information content (AvgIpc) is 2.79. The SMILES string of the molecule is CCNC(=O)c1ccc(CNC(=NC)NCC(C(CC)CC)N2CCOCC2)cc1.I. The second kappa shape index (κ2) is 15.4. The fourth-order valence-electron chi connectivity index (χ4n) is 3.98. The van der Waals surface area contributed by atoms with Crippen molar-refractivity contribution in [2.24, 2.45) is 10.9 Å². The highest BCUT2D eigenvalue weighted by Gasteiger charge is 2.27. The maximum atomic E-state index is 11.9. The van der Waals surface area contributed by atoms with E-state index in [1.165, 1.54) is 12.8 Å². The van der Waals surface area contributed by atoms with Crippen molar-refractivity contribution < 1.29 is 9.53 Å². The van der Waals surface area contributed by atoms with Crippen molar-refractivity contribution in [2.45, 2.75) is 46.2 Å². The summed E-state index contributed by atoms with van der Waals surface area (Å²) < 4.78 is 5.54. The van der Waals surface area contributed by atoms with Crippen LogP contribution in [-0.2, 0) is 11.3 Å². The van der Waals surface area contributed by atoms with E-state index in [1.54, 1.807) is 7.05 Å². The number of nitrogens with one attached hydrogen (secondary N) is 3. The van der Waals surface area contributed by atoms with Crippen LogP contribution in [0.2, 0.25) is 0 Å². The van der Waals surface area contributed by atoms with E-state index in [0.717, 1.165) is 44.4 Å². The van der Waals surface area contributed by atoms with Crippen LogP contribution in [0.3, 0.4) is 0 Å². The predicted molar refractivity (Wildman–Crippen MR) is 138 cm³/mol. The van der Waals surface area contributed by atoms with Crippen molar-refractivity contribution in [3.63, 3.8) is 0 Å². The van der Waals surface area contributed by atoms with E-state index >= 15 is 0 Å². The fraction of sp³-hybridized carbons (Fsp3) is 0.652. The number of aliphatic imine (C=N–C) groups is 1. The van der Waals surface area contributed by atoms with E-state index in [-0.39, 0.29) is 29.9 Å². The summed E-state index contributed by atoms with van der Waals surface area (Å²) in [4.78, 5) is 18.8. The Bertz CT molecular complexity index is 658. The van der Waals surface area contributed by atoms with Gasteiger partial charge >= 0.3 is 0 Å². The monoisotopic (exact) mass is 545 g/mol. The first-order chi connectivity index (χ1) is 14.6. The summed E-state index contributed by atoms with van der Waals surface area (Å²) in [6.07, 6.45) is 2.34. The number of rotatable bonds is 10. The van der Waals surface area contributed by atoms with Gasteiger partial charge in [-0.15, -0.1) is 24.0 Å². The summed E-state index contributed by atoms with van der Waals surface area (Å²) >= 11 is 0. The summed E-state index contributed by atoms with van der Waals surface area (Å²) in [5.41, 5.74) is 1.79. The molecule has 176 valence electrons. The van der Waals surface area contributed by atoms with Crippen molar-refractivity contribution in [3.05, 3.63) is 35.4 Å². The maximum absolute atomic E-state index is 11.9. The van der Waals surface area contributed by atoms with Gasteiger partial charge in [0.2, 0.25) is 0 Å². The molecule has 1 aliphatic heterocycles. The van der Waals surface area contributed by atoms with Gasteiger partial charge in [0.25, 0.3) is 5.91 Å². The summed E-state index contributed by atoms with van der Waals surface area (Å²) in [6, 6.07) is 8.15. The van der Waals surface area contributed by atoms with Crippen molar-refractivity contribution in [3.8, 4) is 0 Å². The molecule has 0 bridgehead atoms. The number of halogens is 1. The molecule has 0 saturated carbocycles. The Morgan fingerprint density at radius 3 is 2.26 bits per heavy atom. The van der Waals surface area contributed by atoms with Crippen molar-refractivity contribution >= 4 is 35.8 Å². The third-order valence-corrected chi connectivity index (χ3v) is 5.82. The van der Waals surface area contributed by atoms with E-state index in [9.17, 15) is 4.79 Å². The molecule has 1 aromatic carbocycles. The van der Waals surface area contributed by atoms with E-state index in [1.807, 2.05) is 31.2 Å². The van der Waals surface area contributed by atoms with Gasteiger partial charge in [-0.25, -0.2) is 0 Å². The van der Waals surface area contributed by atoms with Crippen LogP contribution in [0.1, 0.15) is 49.5 Å². The summed E-state index contributed by atoms with van der Waals surface area (Å²) in [7, 11) is 1.80. The molecule has 1 saturated heterocycles.